The van der Waals surface area contributed by atoms with E-state index in [9.17, 15) is 19.7 Å². The number of rotatable bonds is 9. The van der Waals surface area contributed by atoms with E-state index >= 15 is 0 Å². The fourth-order valence-corrected chi connectivity index (χ4v) is 2.51. The second kappa shape index (κ2) is 8.10. The van der Waals surface area contributed by atoms with Crippen LogP contribution in [0, 0.1) is 10.1 Å². The first-order valence-corrected chi connectivity index (χ1v) is 6.96. The van der Waals surface area contributed by atoms with Gasteiger partial charge in [0.1, 0.15) is 11.8 Å². The lowest BCUT2D eigenvalue weighted by molar-refractivity contribution is -0.385. The zero-order valence-corrected chi connectivity index (χ0v) is 12.0. The quantitative estimate of drug-likeness (QED) is 0.397. The highest BCUT2D eigenvalue weighted by atomic mass is 32.2. The van der Waals surface area contributed by atoms with Crippen molar-refractivity contribution in [3.8, 4) is 5.75 Å². The van der Waals surface area contributed by atoms with Gasteiger partial charge in [-0.1, -0.05) is 0 Å². The molecule has 2 N–H and O–H groups in total. The molecule has 0 saturated carbocycles. The van der Waals surface area contributed by atoms with Crippen molar-refractivity contribution < 1.29 is 24.4 Å². The van der Waals surface area contributed by atoms with Crippen LogP contribution in [0.25, 0.3) is 0 Å². The number of hydrogen-bond donors (Lipinski definition) is 2. The smallest absolute Gasteiger partial charge is 0.327 e. The van der Waals surface area contributed by atoms with E-state index in [1.165, 1.54) is 31.0 Å². The van der Waals surface area contributed by atoms with Gasteiger partial charge in [-0.2, -0.15) is 11.8 Å². The minimum Gasteiger partial charge on any atom is -0.496 e. The number of nitro benzene ring substituents is 1. The first-order chi connectivity index (χ1) is 9.97. The van der Waals surface area contributed by atoms with E-state index in [0.717, 1.165) is 0 Å². The van der Waals surface area contributed by atoms with Crippen molar-refractivity contribution in [2.24, 2.45) is 0 Å². The predicted octanol–water partition coefficient (Wildman–Crippen LogP) is 1.04. The number of nitrogens with zero attached hydrogens (tertiary/aromatic N) is 1. The monoisotopic (exact) mass is 314 g/mol. The summed E-state index contributed by atoms with van der Waals surface area (Å²) >= 11 is 1.24. The topological polar surface area (TPSA) is 119 Å². The summed E-state index contributed by atoms with van der Waals surface area (Å²) in [7, 11) is 1.41. The molecule has 0 spiro atoms. The fraction of sp³-hybridized carbons (Fsp3) is 0.333. The van der Waals surface area contributed by atoms with E-state index in [4.69, 9.17) is 9.84 Å². The Morgan fingerprint density at radius 2 is 2.29 bits per heavy atom. The average Bonchev–Trinajstić information content (AvgIpc) is 2.45. The maximum atomic E-state index is 10.8. The molecule has 9 heteroatoms. The SMILES string of the molecule is COc1cc(CSCC(NC=O)C(=O)O)cc([N+](=O)[O-])c1. The number of nitro groups is 1. The van der Waals surface area contributed by atoms with Crippen LogP contribution in [0.2, 0.25) is 0 Å². The molecule has 0 fully saturated rings. The lowest BCUT2D eigenvalue weighted by atomic mass is 10.2. The van der Waals surface area contributed by atoms with Crippen molar-refractivity contribution >= 4 is 29.8 Å². The van der Waals surface area contributed by atoms with Crippen molar-refractivity contribution in [3.63, 3.8) is 0 Å². The lowest BCUT2D eigenvalue weighted by Crippen LogP contribution is -2.37. The third kappa shape index (κ3) is 5.30. The molecule has 1 aromatic rings. The maximum absolute atomic E-state index is 10.8. The molecule has 0 radical (unpaired) electrons. The van der Waals surface area contributed by atoms with E-state index in [1.807, 2.05) is 0 Å². The normalized spacial score (nSPS) is 11.5. The van der Waals surface area contributed by atoms with Gasteiger partial charge in [0.25, 0.3) is 5.69 Å². The van der Waals surface area contributed by atoms with E-state index in [1.54, 1.807) is 6.07 Å². The van der Waals surface area contributed by atoms with Crippen LogP contribution >= 0.6 is 11.8 Å². The minimum atomic E-state index is -1.13. The van der Waals surface area contributed by atoms with E-state index in [-0.39, 0.29) is 11.4 Å². The molecule has 0 bridgehead atoms. The number of non-ortho nitro benzene ring substituents is 1. The molecule has 1 atom stereocenters. The number of hydrogen-bond acceptors (Lipinski definition) is 6. The number of carbonyl (C=O) groups excluding carboxylic acids is 1. The van der Waals surface area contributed by atoms with Crippen molar-refractivity contribution in [3.05, 3.63) is 33.9 Å². The highest BCUT2D eigenvalue weighted by Crippen LogP contribution is 2.25. The Hall–Kier alpha value is -2.29. The molecule has 8 nitrogen and oxygen atoms in total. The molecule has 21 heavy (non-hydrogen) atoms. The molecule has 1 unspecified atom stereocenters. The van der Waals surface area contributed by atoms with Gasteiger partial charge in [0.2, 0.25) is 6.41 Å². The van der Waals surface area contributed by atoms with Crippen LogP contribution in [-0.4, -0.2) is 41.3 Å². The van der Waals surface area contributed by atoms with Gasteiger partial charge in [0.05, 0.1) is 18.1 Å². The number of benzene rings is 1. The molecule has 0 aliphatic carbocycles. The Balaban J connectivity index is 2.70. The molecular formula is C12H14N2O6S. The molecule has 0 aliphatic rings. The summed E-state index contributed by atoms with van der Waals surface area (Å²) in [5, 5.41) is 21.8. The predicted molar refractivity (Wildman–Crippen MR) is 76.4 cm³/mol. The first-order valence-electron chi connectivity index (χ1n) is 5.80. The number of carboxylic acids is 1. The van der Waals surface area contributed by atoms with Crippen molar-refractivity contribution in [2.45, 2.75) is 11.8 Å². The van der Waals surface area contributed by atoms with Crippen molar-refractivity contribution in [1.82, 2.24) is 5.32 Å². The largest absolute Gasteiger partial charge is 0.496 e. The summed E-state index contributed by atoms with van der Waals surface area (Å²) in [4.78, 5) is 31.4. The van der Waals surface area contributed by atoms with Gasteiger partial charge in [-0.05, 0) is 11.6 Å². The van der Waals surface area contributed by atoms with Crippen LogP contribution in [-0.2, 0) is 15.3 Å². The third-order valence-electron chi connectivity index (χ3n) is 2.52. The Morgan fingerprint density at radius 1 is 1.57 bits per heavy atom. The molecular weight excluding hydrogens is 300 g/mol. The van der Waals surface area contributed by atoms with Crippen LogP contribution in [0.15, 0.2) is 18.2 Å². The van der Waals surface area contributed by atoms with Gasteiger partial charge in [-0.25, -0.2) is 4.79 Å². The molecule has 0 heterocycles. The lowest BCUT2D eigenvalue weighted by Gasteiger charge is -2.10. The standard InChI is InChI=1S/C12H14N2O6S/c1-20-10-3-8(2-9(4-10)14(18)19)5-21-6-11(12(16)17)13-7-15/h2-4,7,11H,5-6H2,1H3,(H,13,15)(H,16,17). The van der Waals surface area contributed by atoms with Gasteiger partial charge in [0.15, 0.2) is 0 Å². The number of aliphatic carboxylic acids is 1. The zero-order chi connectivity index (χ0) is 15.8. The molecule has 0 aliphatic heterocycles. The summed E-state index contributed by atoms with van der Waals surface area (Å²) in [6.45, 7) is 0. The minimum absolute atomic E-state index is 0.0919. The van der Waals surface area contributed by atoms with Gasteiger partial charge >= 0.3 is 5.97 Å². The van der Waals surface area contributed by atoms with Gasteiger partial charge < -0.3 is 15.2 Å². The van der Waals surface area contributed by atoms with E-state index < -0.39 is 16.9 Å². The molecule has 114 valence electrons. The third-order valence-corrected chi connectivity index (χ3v) is 3.62. The Kier molecular flexibility index (Phi) is 6.47. The van der Waals surface area contributed by atoms with Crippen LogP contribution in [0.4, 0.5) is 5.69 Å². The number of methoxy groups -OCH3 is 1. The van der Waals surface area contributed by atoms with E-state index in [2.05, 4.69) is 5.32 Å². The average molecular weight is 314 g/mol. The Morgan fingerprint density at radius 3 is 2.81 bits per heavy atom. The number of carboxylic acid groups (broad SMARTS) is 1. The second-order valence-corrected chi connectivity index (χ2v) is 5.02. The number of nitrogens with one attached hydrogen (secondary N) is 1. The Labute approximate surface area is 124 Å². The second-order valence-electron chi connectivity index (χ2n) is 3.99. The van der Waals surface area contributed by atoms with Gasteiger partial charge in [0, 0.05) is 17.6 Å². The van der Waals surface area contributed by atoms with Crippen LogP contribution in [0.3, 0.4) is 0 Å². The highest BCUT2D eigenvalue weighted by molar-refractivity contribution is 7.98. The molecule has 1 rings (SSSR count). The number of thioether (sulfide) groups is 1. The van der Waals surface area contributed by atoms with Crippen LogP contribution in [0.5, 0.6) is 5.75 Å². The molecule has 1 aromatic carbocycles. The molecule has 0 aromatic heterocycles. The van der Waals surface area contributed by atoms with Crippen molar-refractivity contribution in [1.29, 1.82) is 0 Å². The molecule has 1 amide bonds. The van der Waals surface area contributed by atoms with E-state index in [0.29, 0.717) is 23.5 Å². The van der Waals surface area contributed by atoms with Gasteiger partial charge in [-0.3, -0.25) is 14.9 Å². The number of ether oxygens (including phenoxy) is 1. The maximum Gasteiger partial charge on any atom is 0.327 e. The van der Waals surface area contributed by atoms with Crippen molar-refractivity contribution in [2.75, 3.05) is 12.9 Å². The van der Waals surface area contributed by atoms with Crippen LogP contribution in [0.1, 0.15) is 5.56 Å². The van der Waals surface area contributed by atoms with Gasteiger partial charge in [-0.15, -0.1) is 0 Å². The van der Waals surface area contributed by atoms with Crippen LogP contribution < -0.4 is 10.1 Å². The summed E-state index contributed by atoms with van der Waals surface area (Å²) in [5.41, 5.74) is 0.548. The fourth-order valence-electron chi connectivity index (χ4n) is 1.52. The number of carbonyl (C=O) groups is 2. The number of amides is 1. The zero-order valence-electron chi connectivity index (χ0n) is 11.1. The summed E-state index contributed by atoms with van der Waals surface area (Å²) in [6.07, 6.45) is 0.329. The molecule has 0 saturated heterocycles. The summed E-state index contributed by atoms with van der Waals surface area (Å²) in [6, 6.07) is 3.36. The summed E-state index contributed by atoms with van der Waals surface area (Å²) < 4.78 is 4.98. The first kappa shape index (κ1) is 16.8. The highest BCUT2D eigenvalue weighted by Gasteiger charge is 2.16. The summed E-state index contributed by atoms with van der Waals surface area (Å²) in [5.74, 6) is -0.256. The Bertz CT molecular complexity index is 536.